The maximum Gasteiger partial charge on any atom is 0.278 e. The molecule has 0 N–H and O–H groups in total. The second-order valence-electron chi connectivity index (χ2n) is 4.45. The second-order valence-corrected chi connectivity index (χ2v) is 4.84. The smallest absolute Gasteiger partial charge is 0.278 e. The van der Waals surface area contributed by atoms with Gasteiger partial charge in [-0.1, -0.05) is 17.7 Å². The fourth-order valence-electron chi connectivity index (χ4n) is 1.86. The van der Waals surface area contributed by atoms with E-state index < -0.39 is 0 Å². The summed E-state index contributed by atoms with van der Waals surface area (Å²) < 4.78 is 0. The van der Waals surface area contributed by atoms with Crippen molar-refractivity contribution in [3.63, 3.8) is 0 Å². The third kappa shape index (κ3) is 3.09. The van der Waals surface area contributed by atoms with Crippen molar-refractivity contribution in [2.75, 3.05) is 11.9 Å². The summed E-state index contributed by atoms with van der Waals surface area (Å²) in [5.41, 5.74) is 3.32. The van der Waals surface area contributed by atoms with Crippen molar-refractivity contribution in [3.05, 3.63) is 52.3 Å². The van der Waals surface area contributed by atoms with E-state index in [4.69, 9.17) is 11.6 Å². The predicted molar refractivity (Wildman–Crippen MR) is 75.7 cm³/mol. The van der Waals surface area contributed by atoms with Crippen molar-refractivity contribution in [2.24, 2.45) is 0 Å². The SMILES string of the molecule is Cc1cc(C)cc(N(C)C(=O)c2ccc(Cl)nn2)c1. The van der Waals surface area contributed by atoms with Gasteiger partial charge in [-0.3, -0.25) is 4.79 Å². The Balaban J connectivity index is 2.30. The van der Waals surface area contributed by atoms with Gasteiger partial charge in [-0.25, -0.2) is 0 Å². The van der Waals surface area contributed by atoms with Crippen LogP contribution < -0.4 is 4.90 Å². The van der Waals surface area contributed by atoms with E-state index >= 15 is 0 Å². The molecule has 0 saturated heterocycles. The van der Waals surface area contributed by atoms with Crippen LogP contribution in [0.2, 0.25) is 5.15 Å². The van der Waals surface area contributed by atoms with Gasteiger partial charge >= 0.3 is 0 Å². The summed E-state index contributed by atoms with van der Waals surface area (Å²) in [6.45, 7) is 3.99. The molecular formula is C14H14ClN3O. The first-order valence-electron chi connectivity index (χ1n) is 5.83. The summed E-state index contributed by atoms with van der Waals surface area (Å²) in [6, 6.07) is 9.08. The number of anilines is 1. The molecule has 0 aliphatic carbocycles. The molecule has 1 heterocycles. The van der Waals surface area contributed by atoms with Crippen molar-refractivity contribution in [1.82, 2.24) is 10.2 Å². The standard InChI is InChI=1S/C14H14ClN3O/c1-9-6-10(2)8-11(7-9)18(3)14(19)12-4-5-13(15)17-16-12/h4-8H,1-3H3. The summed E-state index contributed by atoms with van der Waals surface area (Å²) in [4.78, 5) is 13.8. The van der Waals surface area contributed by atoms with E-state index in [1.165, 1.54) is 0 Å². The second kappa shape index (κ2) is 5.36. The Morgan fingerprint density at radius 2 is 1.74 bits per heavy atom. The molecule has 1 aromatic carbocycles. The molecule has 0 atom stereocenters. The van der Waals surface area contributed by atoms with E-state index in [0.717, 1.165) is 16.8 Å². The van der Waals surface area contributed by atoms with E-state index in [2.05, 4.69) is 16.3 Å². The topological polar surface area (TPSA) is 46.1 Å². The van der Waals surface area contributed by atoms with Gasteiger partial charge in [-0.05, 0) is 49.2 Å². The first-order chi connectivity index (χ1) is 8.97. The summed E-state index contributed by atoms with van der Waals surface area (Å²) >= 11 is 5.66. The van der Waals surface area contributed by atoms with Gasteiger partial charge in [-0.15, -0.1) is 10.2 Å². The molecule has 1 amide bonds. The minimum absolute atomic E-state index is 0.214. The molecule has 98 valence electrons. The first-order valence-corrected chi connectivity index (χ1v) is 6.21. The van der Waals surface area contributed by atoms with Crippen molar-refractivity contribution < 1.29 is 4.79 Å². The van der Waals surface area contributed by atoms with Crippen molar-refractivity contribution in [3.8, 4) is 0 Å². The minimum Gasteiger partial charge on any atom is -0.310 e. The molecule has 0 fully saturated rings. The Morgan fingerprint density at radius 3 is 2.26 bits per heavy atom. The zero-order valence-corrected chi connectivity index (χ0v) is 11.8. The van der Waals surface area contributed by atoms with Gasteiger partial charge in [0.2, 0.25) is 0 Å². The van der Waals surface area contributed by atoms with Crippen LogP contribution in [0.25, 0.3) is 0 Å². The molecular weight excluding hydrogens is 262 g/mol. The van der Waals surface area contributed by atoms with Crippen LogP contribution in [0.4, 0.5) is 5.69 Å². The molecule has 0 bridgehead atoms. The summed E-state index contributed by atoms with van der Waals surface area (Å²) in [7, 11) is 1.72. The van der Waals surface area contributed by atoms with Crippen LogP contribution in [0.1, 0.15) is 21.6 Å². The number of carbonyl (C=O) groups excluding carboxylic acids is 1. The average Bonchev–Trinajstić information content (AvgIpc) is 2.37. The van der Waals surface area contributed by atoms with Gasteiger partial charge in [0.15, 0.2) is 10.8 Å². The predicted octanol–water partition coefficient (Wildman–Crippen LogP) is 3.02. The van der Waals surface area contributed by atoms with Crippen LogP contribution in [0.15, 0.2) is 30.3 Å². The van der Waals surface area contributed by atoms with Gasteiger partial charge in [0.05, 0.1) is 0 Å². The lowest BCUT2D eigenvalue weighted by molar-refractivity contribution is 0.0987. The number of amides is 1. The van der Waals surface area contributed by atoms with Gasteiger partial charge < -0.3 is 4.90 Å². The number of hydrogen-bond donors (Lipinski definition) is 0. The molecule has 2 rings (SSSR count). The number of carbonyl (C=O) groups is 1. The fraction of sp³-hybridized carbons (Fsp3) is 0.214. The number of aryl methyl sites for hydroxylation is 2. The Morgan fingerprint density at radius 1 is 1.11 bits per heavy atom. The average molecular weight is 276 g/mol. The van der Waals surface area contributed by atoms with Crippen LogP contribution in [-0.2, 0) is 0 Å². The molecule has 4 nitrogen and oxygen atoms in total. The van der Waals surface area contributed by atoms with E-state index in [-0.39, 0.29) is 16.8 Å². The normalized spacial score (nSPS) is 10.3. The third-order valence-electron chi connectivity index (χ3n) is 2.75. The Labute approximate surface area is 117 Å². The van der Waals surface area contributed by atoms with Crippen molar-refractivity contribution in [2.45, 2.75) is 13.8 Å². The van der Waals surface area contributed by atoms with Gasteiger partial charge in [0.1, 0.15) is 0 Å². The zero-order valence-electron chi connectivity index (χ0n) is 11.0. The number of halogens is 1. The molecule has 0 aliphatic rings. The molecule has 2 aromatic rings. The highest BCUT2D eigenvalue weighted by Gasteiger charge is 2.15. The number of benzene rings is 1. The highest BCUT2D eigenvalue weighted by atomic mass is 35.5. The summed E-state index contributed by atoms with van der Waals surface area (Å²) in [5.74, 6) is -0.214. The van der Waals surface area contributed by atoms with E-state index in [0.29, 0.717) is 0 Å². The molecule has 0 aliphatic heterocycles. The maximum absolute atomic E-state index is 12.3. The van der Waals surface area contributed by atoms with Crippen LogP contribution in [0, 0.1) is 13.8 Å². The molecule has 19 heavy (non-hydrogen) atoms. The number of nitrogens with zero attached hydrogens (tertiary/aromatic N) is 3. The van der Waals surface area contributed by atoms with Crippen molar-refractivity contribution in [1.29, 1.82) is 0 Å². The summed E-state index contributed by atoms with van der Waals surface area (Å²) in [5, 5.41) is 7.74. The quantitative estimate of drug-likeness (QED) is 0.846. The van der Waals surface area contributed by atoms with E-state index in [1.54, 1.807) is 24.1 Å². The largest absolute Gasteiger partial charge is 0.310 e. The van der Waals surface area contributed by atoms with Crippen LogP contribution in [0.3, 0.4) is 0 Å². The van der Waals surface area contributed by atoms with Crippen LogP contribution >= 0.6 is 11.6 Å². The lowest BCUT2D eigenvalue weighted by Crippen LogP contribution is -2.27. The lowest BCUT2D eigenvalue weighted by Gasteiger charge is -2.17. The van der Waals surface area contributed by atoms with Crippen molar-refractivity contribution >= 4 is 23.2 Å². The van der Waals surface area contributed by atoms with Gasteiger partial charge in [0.25, 0.3) is 5.91 Å². The monoisotopic (exact) mass is 275 g/mol. The highest BCUT2D eigenvalue weighted by Crippen LogP contribution is 2.19. The Hall–Kier alpha value is -1.94. The number of hydrogen-bond acceptors (Lipinski definition) is 3. The maximum atomic E-state index is 12.3. The van der Waals surface area contributed by atoms with E-state index in [9.17, 15) is 4.79 Å². The van der Waals surface area contributed by atoms with Gasteiger partial charge in [-0.2, -0.15) is 0 Å². The molecule has 1 aromatic heterocycles. The van der Waals surface area contributed by atoms with Crippen LogP contribution in [-0.4, -0.2) is 23.2 Å². The molecule has 5 heteroatoms. The highest BCUT2D eigenvalue weighted by molar-refractivity contribution is 6.29. The molecule has 0 radical (unpaired) electrons. The molecule has 0 spiro atoms. The molecule has 0 saturated carbocycles. The first kappa shape index (κ1) is 13.5. The Bertz CT molecular complexity index is 590. The summed E-state index contributed by atoms with van der Waals surface area (Å²) in [6.07, 6.45) is 0. The van der Waals surface area contributed by atoms with Gasteiger partial charge in [0, 0.05) is 12.7 Å². The number of aromatic nitrogens is 2. The third-order valence-corrected chi connectivity index (χ3v) is 2.95. The Kier molecular flexibility index (Phi) is 3.81. The number of rotatable bonds is 2. The van der Waals surface area contributed by atoms with E-state index in [1.807, 2.05) is 26.0 Å². The molecule has 0 unspecified atom stereocenters. The lowest BCUT2D eigenvalue weighted by atomic mass is 10.1. The zero-order chi connectivity index (χ0) is 14.0. The van der Waals surface area contributed by atoms with Crippen LogP contribution in [0.5, 0.6) is 0 Å². The fourth-order valence-corrected chi connectivity index (χ4v) is 1.96. The minimum atomic E-state index is -0.214.